The maximum atomic E-state index is 5.63. The second kappa shape index (κ2) is 7.94. The van der Waals surface area contributed by atoms with E-state index in [0.717, 1.165) is 25.7 Å². The number of nitrogens with zero attached hydrogens (tertiary/aromatic N) is 1. The van der Waals surface area contributed by atoms with Crippen LogP contribution in [0, 0.1) is 11.3 Å². The minimum Gasteiger partial charge on any atom is -0.381 e. The van der Waals surface area contributed by atoms with E-state index in [9.17, 15) is 0 Å². The van der Waals surface area contributed by atoms with Gasteiger partial charge in [0.25, 0.3) is 0 Å². The first kappa shape index (κ1) is 18.9. The van der Waals surface area contributed by atoms with Crippen LogP contribution in [0.25, 0.3) is 0 Å². The van der Waals surface area contributed by atoms with Crippen LogP contribution in [0.5, 0.6) is 0 Å². The molecule has 1 N–H and O–H groups in total. The van der Waals surface area contributed by atoms with Crippen LogP contribution in [0.4, 0.5) is 0 Å². The predicted octanol–water partition coefficient (Wildman–Crippen LogP) is 3.54. The van der Waals surface area contributed by atoms with Crippen molar-refractivity contribution in [2.45, 2.75) is 72.9 Å². The van der Waals surface area contributed by atoms with Crippen LogP contribution in [0.1, 0.15) is 61.3 Å². The highest BCUT2D eigenvalue weighted by Gasteiger charge is 2.35. The van der Waals surface area contributed by atoms with Crippen molar-refractivity contribution in [3.63, 3.8) is 0 Å². The number of rotatable bonds is 7. The summed E-state index contributed by atoms with van der Waals surface area (Å²) in [7, 11) is 0. The zero-order chi connectivity index (χ0) is 16.1. The Hall–Kier alpha value is -0.120. The Morgan fingerprint density at radius 2 is 1.67 bits per heavy atom. The molecule has 3 nitrogen and oxygen atoms in total. The van der Waals surface area contributed by atoms with E-state index < -0.39 is 0 Å². The Labute approximate surface area is 132 Å². The molecule has 0 spiro atoms. The van der Waals surface area contributed by atoms with Crippen LogP contribution < -0.4 is 5.32 Å². The third-order valence-electron chi connectivity index (χ3n) is 4.42. The molecule has 3 heteroatoms. The third kappa shape index (κ3) is 7.12. The number of nitrogens with one attached hydrogen (secondary N) is 1. The molecule has 1 aliphatic heterocycles. The average Bonchev–Trinajstić information content (AvgIpc) is 2.35. The van der Waals surface area contributed by atoms with Gasteiger partial charge in [0.1, 0.15) is 0 Å². The molecular weight excluding hydrogens is 260 g/mol. The Morgan fingerprint density at radius 1 is 1.10 bits per heavy atom. The average molecular weight is 299 g/mol. The van der Waals surface area contributed by atoms with E-state index in [1.807, 2.05) is 0 Å². The van der Waals surface area contributed by atoms with Gasteiger partial charge in [-0.05, 0) is 58.8 Å². The molecule has 0 aromatic heterocycles. The third-order valence-corrected chi connectivity index (χ3v) is 4.42. The van der Waals surface area contributed by atoms with Gasteiger partial charge in [-0.3, -0.25) is 0 Å². The Bertz CT molecular complexity index is 288. The van der Waals surface area contributed by atoms with Gasteiger partial charge in [-0.1, -0.05) is 13.8 Å². The van der Waals surface area contributed by atoms with Crippen molar-refractivity contribution in [1.29, 1.82) is 0 Å². The second-order valence-corrected chi connectivity index (χ2v) is 8.63. The molecule has 0 bridgehead atoms. The van der Waals surface area contributed by atoms with E-state index in [1.165, 1.54) is 25.9 Å². The fourth-order valence-corrected chi connectivity index (χ4v) is 3.01. The Kier molecular flexibility index (Phi) is 7.15. The lowest BCUT2D eigenvalue weighted by atomic mass is 9.78. The van der Waals surface area contributed by atoms with E-state index in [1.54, 1.807) is 0 Å². The molecule has 0 aliphatic carbocycles. The molecule has 0 saturated carbocycles. The highest BCUT2D eigenvalue weighted by atomic mass is 16.5. The molecule has 1 aliphatic rings. The lowest BCUT2D eigenvalue weighted by Gasteiger charge is -2.44. The molecule has 1 fully saturated rings. The quantitative estimate of drug-likeness (QED) is 0.778. The van der Waals surface area contributed by atoms with Crippen molar-refractivity contribution in [3.8, 4) is 0 Å². The predicted molar refractivity (Wildman–Crippen MR) is 91.8 cm³/mol. The van der Waals surface area contributed by atoms with Crippen LogP contribution in [0.2, 0.25) is 0 Å². The van der Waals surface area contributed by atoms with Crippen molar-refractivity contribution in [2.75, 3.05) is 32.8 Å². The molecule has 21 heavy (non-hydrogen) atoms. The molecule has 0 aromatic rings. The lowest BCUT2D eigenvalue weighted by molar-refractivity contribution is -0.0141. The monoisotopic (exact) mass is 298 g/mol. The first-order chi connectivity index (χ1) is 9.64. The smallest absolute Gasteiger partial charge is 0.0472 e. The second-order valence-electron chi connectivity index (χ2n) is 8.63. The van der Waals surface area contributed by atoms with Crippen LogP contribution in [-0.4, -0.2) is 49.3 Å². The Morgan fingerprint density at radius 3 is 2.10 bits per heavy atom. The fourth-order valence-electron chi connectivity index (χ4n) is 3.01. The molecule has 1 rings (SSSR count). The molecule has 0 amide bonds. The van der Waals surface area contributed by atoms with Crippen LogP contribution in [-0.2, 0) is 4.74 Å². The summed E-state index contributed by atoms with van der Waals surface area (Å²) in [5.41, 5.74) is 0.552. The van der Waals surface area contributed by atoms with E-state index in [0.29, 0.717) is 11.5 Å². The van der Waals surface area contributed by atoms with Crippen molar-refractivity contribution >= 4 is 0 Å². The summed E-state index contributed by atoms with van der Waals surface area (Å²) in [5.74, 6) is 0.722. The van der Waals surface area contributed by atoms with Gasteiger partial charge in [-0.15, -0.1) is 0 Å². The number of hydrogen-bond donors (Lipinski definition) is 1. The molecule has 1 heterocycles. The zero-order valence-electron chi connectivity index (χ0n) is 15.5. The molecule has 1 saturated heterocycles. The molecule has 126 valence electrons. The minimum atomic E-state index is 0.187. The van der Waals surface area contributed by atoms with Gasteiger partial charge in [-0.25, -0.2) is 0 Å². The summed E-state index contributed by atoms with van der Waals surface area (Å²) >= 11 is 0. The molecule has 0 radical (unpaired) electrons. The van der Waals surface area contributed by atoms with Crippen LogP contribution in [0.3, 0.4) is 0 Å². The van der Waals surface area contributed by atoms with E-state index in [-0.39, 0.29) is 5.54 Å². The number of ether oxygens (including phenoxy) is 1. The van der Waals surface area contributed by atoms with Crippen molar-refractivity contribution in [2.24, 2.45) is 11.3 Å². The highest BCUT2D eigenvalue weighted by Crippen LogP contribution is 2.32. The SMILES string of the molecule is CC(C)CN(CC1(CNC(C)(C)C)CCOCC1)C(C)C. The van der Waals surface area contributed by atoms with Gasteiger partial charge in [0.2, 0.25) is 0 Å². The van der Waals surface area contributed by atoms with Gasteiger partial charge in [0, 0.05) is 44.4 Å². The minimum absolute atomic E-state index is 0.187. The maximum Gasteiger partial charge on any atom is 0.0472 e. The largest absolute Gasteiger partial charge is 0.381 e. The zero-order valence-corrected chi connectivity index (χ0v) is 15.5. The molecule has 0 unspecified atom stereocenters. The van der Waals surface area contributed by atoms with Gasteiger partial charge in [0.15, 0.2) is 0 Å². The van der Waals surface area contributed by atoms with Crippen molar-refractivity contribution in [1.82, 2.24) is 10.2 Å². The van der Waals surface area contributed by atoms with Crippen LogP contribution >= 0.6 is 0 Å². The summed E-state index contributed by atoms with van der Waals surface area (Å²) in [6.07, 6.45) is 2.36. The summed E-state index contributed by atoms with van der Waals surface area (Å²) < 4.78 is 5.63. The lowest BCUT2D eigenvalue weighted by Crippen LogP contribution is -2.52. The summed E-state index contributed by atoms with van der Waals surface area (Å²) in [6, 6.07) is 0.613. The van der Waals surface area contributed by atoms with Crippen molar-refractivity contribution in [3.05, 3.63) is 0 Å². The standard InChI is InChI=1S/C18H38N2O/c1-15(2)12-20(16(3)4)14-18(8-10-21-11-9-18)13-19-17(5,6)7/h15-16,19H,8-14H2,1-7H3. The van der Waals surface area contributed by atoms with Crippen LogP contribution in [0.15, 0.2) is 0 Å². The molecular formula is C18H38N2O. The maximum absolute atomic E-state index is 5.63. The van der Waals surface area contributed by atoms with Gasteiger partial charge < -0.3 is 15.0 Å². The normalized spacial score (nSPS) is 19.7. The van der Waals surface area contributed by atoms with Gasteiger partial charge >= 0.3 is 0 Å². The first-order valence-electron chi connectivity index (χ1n) is 8.70. The topological polar surface area (TPSA) is 24.5 Å². The van der Waals surface area contributed by atoms with Gasteiger partial charge in [0.05, 0.1) is 0 Å². The van der Waals surface area contributed by atoms with E-state index in [4.69, 9.17) is 4.74 Å². The van der Waals surface area contributed by atoms with Crippen molar-refractivity contribution < 1.29 is 4.74 Å². The summed E-state index contributed by atoms with van der Waals surface area (Å²) in [5, 5.41) is 3.75. The fraction of sp³-hybridized carbons (Fsp3) is 1.00. The summed E-state index contributed by atoms with van der Waals surface area (Å²) in [4.78, 5) is 2.67. The Balaban J connectivity index is 2.75. The van der Waals surface area contributed by atoms with E-state index >= 15 is 0 Å². The molecule has 0 aromatic carbocycles. The molecule has 0 atom stereocenters. The van der Waals surface area contributed by atoms with Gasteiger partial charge in [-0.2, -0.15) is 0 Å². The highest BCUT2D eigenvalue weighted by molar-refractivity contribution is 4.90. The summed E-state index contributed by atoms with van der Waals surface area (Å²) in [6.45, 7) is 21.4. The van der Waals surface area contributed by atoms with E-state index in [2.05, 4.69) is 58.7 Å². The first-order valence-corrected chi connectivity index (χ1v) is 8.70. The number of hydrogen-bond acceptors (Lipinski definition) is 3.